The largest absolute Gasteiger partial charge is 0.313 e. The van der Waals surface area contributed by atoms with Gasteiger partial charge in [-0.05, 0) is 30.2 Å². The van der Waals surface area contributed by atoms with Crippen molar-refractivity contribution in [2.45, 2.75) is 25.6 Å². The molecular formula is C12H15BrN2. The van der Waals surface area contributed by atoms with Crippen molar-refractivity contribution >= 4 is 15.9 Å². The third-order valence-electron chi connectivity index (χ3n) is 3.56. The first kappa shape index (κ1) is 9.82. The van der Waals surface area contributed by atoms with Gasteiger partial charge in [-0.25, -0.2) is 0 Å². The van der Waals surface area contributed by atoms with Crippen molar-refractivity contribution in [1.82, 2.24) is 10.2 Å². The maximum absolute atomic E-state index is 3.55. The van der Waals surface area contributed by atoms with Gasteiger partial charge in [0, 0.05) is 36.2 Å². The van der Waals surface area contributed by atoms with Gasteiger partial charge in [0.15, 0.2) is 0 Å². The van der Waals surface area contributed by atoms with E-state index in [1.165, 1.54) is 15.6 Å². The molecule has 2 nitrogen and oxygen atoms in total. The minimum Gasteiger partial charge on any atom is -0.313 e. The number of hydrogen-bond donors (Lipinski definition) is 1. The van der Waals surface area contributed by atoms with Gasteiger partial charge < -0.3 is 5.32 Å². The van der Waals surface area contributed by atoms with Crippen molar-refractivity contribution in [2.75, 3.05) is 13.1 Å². The van der Waals surface area contributed by atoms with E-state index in [1.807, 2.05) is 0 Å². The van der Waals surface area contributed by atoms with Crippen LogP contribution < -0.4 is 5.32 Å². The molecule has 0 aliphatic carbocycles. The molecule has 2 heterocycles. The summed E-state index contributed by atoms with van der Waals surface area (Å²) in [5.41, 5.74) is 3.00. The molecule has 15 heavy (non-hydrogen) atoms. The topological polar surface area (TPSA) is 15.3 Å². The van der Waals surface area contributed by atoms with Gasteiger partial charge in [0.25, 0.3) is 0 Å². The molecule has 1 fully saturated rings. The minimum atomic E-state index is 0.594. The van der Waals surface area contributed by atoms with Gasteiger partial charge in [-0.1, -0.05) is 22.0 Å². The van der Waals surface area contributed by atoms with E-state index < -0.39 is 0 Å². The zero-order chi connectivity index (χ0) is 10.4. The van der Waals surface area contributed by atoms with Gasteiger partial charge in [0.1, 0.15) is 0 Å². The molecule has 80 valence electrons. The number of rotatable bonds is 0. The fourth-order valence-electron chi connectivity index (χ4n) is 2.76. The summed E-state index contributed by atoms with van der Waals surface area (Å²) in [7, 11) is 0. The van der Waals surface area contributed by atoms with E-state index >= 15 is 0 Å². The van der Waals surface area contributed by atoms with E-state index in [1.54, 1.807) is 0 Å². The maximum Gasteiger partial charge on any atom is 0.0482 e. The Morgan fingerprint density at radius 3 is 3.13 bits per heavy atom. The number of nitrogens with one attached hydrogen (secondary N) is 1. The van der Waals surface area contributed by atoms with E-state index in [0.29, 0.717) is 12.1 Å². The zero-order valence-corrected chi connectivity index (χ0v) is 10.4. The summed E-state index contributed by atoms with van der Waals surface area (Å²) in [4.78, 5) is 2.60. The van der Waals surface area contributed by atoms with Crippen LogP contribution in [0.1, 0.15) is 24.1 Å². The molecule has 2 atom stereocenters. The predicted molar refractivity (Wildman–Crippen MR) is 64.8 cm³/mol. The van der Waals surface area contributed by atoms with Gasteiger partial charge in [-0.15, -0.1) is 0 Å². The molecule has 1 aromatic carbocycles. The Morgan fingerprint density at radius 1 is 1.40 bits per heavy atom. The average molecular weight is 267 g/mol. The van der Waals surface area contributed by atoms with Crippen molar-refractivity contribution in [1.29, 1.82) is 0 Å². The quantitative estimate of drug-likeness (QED) is 0.776. The number of halogens is 1. The second-order valence-corrected chi connectivity index (χ2v) is 5.45. The van der Waals surface area contributed by atoms with E-state index in [0.717, 1.165) is 19.6 Å². The van der Waals surface area contributed by atoms with Gasteiger partial charge in [0.2, 0.25) is 0 Å². The molecule has 3 heteroatoms. The zero-order valence-electron chi connectivity index (χ0n) is 8.83. The van der Waals surface area contributed by atoms with Crippen molar-refractivity contribution in [3.63, 3.8) is 0 Å². The summed E-state index contributed by atoms with van der Waals surface area (Å²) in [6, 6.07) is 7.93. The van der Waals surface area contributed by atoms with Crippen LogP contribution in [-0.2, 0) is 6.54 Å². The van der Waals surface area contributed by atoms with E-state index in [-0.39, 0.29) is 0 Å². The summed E-state index contributed by atoms with van der Waals surface area (Å²) >= 11 is 3.55. The van der Waals surface area contributed by atoms with Crippen molar-refractivity contribution in [3.05, 3.63) is 33.8 Å². The first-order chi connectivity index (χ1) is 7.25. The standard InChI is InChI=1S/C12H15BrN2/c1-8-5-14-6-12-11-3-2-10(13)4-9(11)7-15(8)12/h2-4,8,12,14H,5-7H2,1H3/t8-,12-/m1/s1. The highest BCUT2D eigenvalue weighted by Gasteiger charge is 2.35. The van der Waals surface area contributed by atoms with E-state index in [2.05, 4.69) is 51.3 Å². The van der Waals surface area contributed by atoms with Crippen LogP contribution in [0.5, 0.6) is 0 Å². The van der Waals surface area contributed by atoms with E-state index in [4.69, 9.17) is 0 Å². The highest BCUT2D eigenvalue weighted by atomic mass is 79.9. The lowest BCUT2D eigenvalue weighted by Crippen LogP contribution is -2.48. The number of nitrogens with zero attached hydrogens (tertiary/aromatic N) is 1. The fraction of sp³-hybridized carbons (Fsp3) is 0.500. The molecule has 0 radical (unpaired) electrons. The third kappa shape index (κ3) is 1.53. The Morgan fingerprint density at radius 2 is 2.27 bits per heavy atom. The number of piperazine rings is 1. The second-order valence-electron chi connectivity index (χ2n) is 4.54. The van der Waals surface area contributed by atoms with Crippen LogP contribution in [0.25, 0.3) is 0 Å². The molecule has 0 aromatic heterocycles. The molecule has 2 aliphatic rings. The molecule has 1 saturated heterocycles. The lowest BCUT2D eigenvalue weighted by molar-refractivity contribution is 0.119. The molecule has 0 saturated carbocycles. The smallest absolute Gasteiger partial charge is 0.0482 e. The molecule has 0 bridgehead atoms. The van der Waals surface area contributed by atoms with Gasteiger partial charge >= 0.3 is 0 Å². The highest BCUT2D eigenvalue weighted by Crippen LogP contribution is 2.37. The normalized spacial score (nSPS) is 30.0. The molecule has 3 rings (SSSR count). The van der Waals surface area contributed by atoms with Crippen molar-refractivity contribution in [3.8, 4) is 0 Å². The minimum absolute atomic E-state index is 0.594. The molecule has 0 spiro atoms. The van der Waals surface area contributed by atoms with Crippen LogP contribution in [0.3, 0.4) is 0 Å². The number of benzene rings is 1. The van der Waals surface area contributed by atoms with Crippen LogP contribution in [0, 0.1) is 0 Å². The van der Waals surface area contributed by atoms with Crippen LogP contribution in [0.4, 0.5) is 0 Å². The Labute approximate surface area is 98.8 Å². The average Bonchev–Trinajstić information content (AvgIpc) is 2.57. The van der Waals surface area contributed by atoms with Crippen LogP contribution in [0.15, 0.2) is 22.7 Å². The van der Waals surface area contributed by atoms with Crippen LogP contribution in [0.2, 0.25) is 0 Å². The van der Waals surface area contributed by atoms with E-state index in [9.17, 15) is 0 Å². The molecule has 0 amide bonds. The van der Waals surface area contributed by atoms with Gasteiger partial charge in [-0.2, -0.15) is 0 Å². The molecular weight excluding hydrogens is 252 g/mol. The number of fused-ring (bicyclic) bond motifs is 3. The summed E-state index contributed by atoms with van der Waals surface area (Å²) < 4.78 is 1.20. The van der Waals surface area contributed by atoms with Crippen LogP contribution >= 0.6 is 15.9 Å². The Kier molecular flexibility index (Phi) is 2.34. The predicted octanol–water partition coefficient (Wildman–Crippen LogP) is 2.30. The Bertz CT molecular complexity index is 391. The number of hydrogen-bond acceptors (Lipinski definition) is 2. The monoisotopic (exact) mass is 266 g/mol. The highest BCUT2D eigenvalue weighted by molar-refractivity contribution is 9.10. The van der Waals surface area contributed by atoms with Gasteiger partial charge in [-0.3, -0.25) is 4.90 Å². The summed E-state index contributed by atoms with van der Waals surface area (Å²) in [6.07, 6.45) is 0. The SMILES string of the molecule is C[C@@H]1CNC[C@@H]2c3ccc(Br)cc3CN12. The summed E-state index contributed by atoms with van der Waals surface area (Å²) in [5, 5.41) is 3.51. The fourth-order valence-corrected chi connectivity index (χ4v) is 3.17. The van der Waals surface area contributed by atoms with Gasteiger partial charge in [0.05, 0.1) is 0 Å². The van der Waals surface area contributed by atoms with Crippen molar-refractivity contribution in [2.24, 2.45) is 0 Å². The van der Waals surface area contributed by atoms with Crippen molar-refractivity contribution < 1.29 is 0 Å². The Hall–Kier alpha value is -0.380. The lowest BCUT2D eigenvalue weighted by Gasteiger charge is -2.36. The first-order valence-electron chi connectivity index (χ1n) is 5.50. The molecule has 1 aromatic rings. The second kappa shape index (κ2) is 3.58. The maximum atomic E-state index is 3.55. The van der Waals surface area contributed by atoms with Crippen LogP contribution in [-0.4, -0.2) is 24.0 Å². The summed E-state index contributed by atoms with van der Waals surface area (Å²) in [5.74, 6) is 0. The first-order valence-corrected chi connectivity index (χ1v) is 6.30. The molecule has 2 aliphatic heterocycles. The Balaban J connectivity index is 2.00. The lowest BCUT2D eigenvalue weighted by atomic mass is 10.0. The third-order valence-corrected chi connectivity index (χ3v) is 4.05. The summed E-state index contributed by atoms with van der Waals surface area (Å²) in [6.45, 7) is 5.63. The molecule has 1 N–H and O–H groups in total. The molecule has 0 unspecified atom stereocenters.